The van der Waals surface area contributed by atoms with E-state index in [1.54, 1.807) is 7.11 Å². The van der Waals surface area contributed by atoms with Gasteiger partial charge in [-0.3, -0.25) is 9.89 Å². The summed E-state index contributed by atoms with van der Waals surface area (Å²) < 4.78 is 10.9. The van der Waals surface area contributed by atoms with E-state index in [1.807, 2.05) is 19.2 Å². The number of rotatable bonds is 9. The Hall–Kier alpha value is -1.10. The van der Waals surface area contributed by atoms with Crippen LogP contribution in [0.4, 0.5) is 0 Å². The third kappa shape index (κ3) is 8.20. The van der Waals surface area contributed by atoms with E-state index in [0.717, 1.165) is 51.1 Å². The summed E-state index contributed by atoms with van der Waals surface area (Å²) in [5.41, 5.74) is 1.21. The summed E-state index contributed by atoms with van der Waals surface area (Å²) in [5.74, 6) is 2.27. The maximum atomic E-state index is 5.51. The number of hydrogen-bond donors (Lipinski definition) is 2. The number of ether oxygens (including phenoxy) is 2. The lowest BCUT2D eigenvalue weighted by Crippen LogP contribution is -2.53. The van der Waals surface area contributed by atoms with Gasteiger partial charge in [0.2, 0.25) is 0 Å². The standard InChI is InChI=1S/C22H39N5O2.HI/c1-17(2)20(27-10-12-29-13-11-27)15-24-22(23-3)25-16-21(26(4)5)18-8-7-9-19(14-18)28-6;/h7-9,14,17,20-21H,10-13,15-16H2,1-6H3,(H2,23,24,25);1H. The third-order valence-electron chi connectivity index (χ3n) is 5.55. The van der Waals surface area contributed by atoms with E-state index in [-0.39, 0.29) is 30.0 Å². The normalized spacial score (nSPS) is 17.4. The first-order valence-corrected chi connectivity index (χ1v) is 10.5. The predicted molar refractivity (Wildman–Crippen MR) is 135 cm³/mol. The Morgan fingerprint density at radius 2 is 1.87 bits per heavy atom. The molecule has 30 heavy (non-hydrogen) atoms. The summed E-state index contributed by atoms with van der Waals surface area (Å²) >= 11 is 0. The maximum Gasteiger partial charge on any atom is 0.191 e. The lowest BCUT2D eigenvalue weighted by atomic mass is 10.0. The zero-order valence-corrected chi connectivity index (χ0v) is 21.7. The van der Waals surface area contributed by atoms with Gasteiger partial charge in [0.15, 0.2) is 5.96 Å². The molecule has 0 spiro atoms. The van der Waals surface area contributed by atoms with Gasteiger partial charge in [-0.1, -0.05) is 26.0 Å². The molecule has 1 aliphatic heterocycles. The summed E-state index contributed by atoms with van der Waals surface area (Å²) in [5, 5.41) is 7.03. The minimum Gasteiger partial charge on any atom is -0.497 e. The zero-order valence-electron chi connectivity index (χ0n) is 19.4. The van der Waals surface area contributed by atoms with E-state index in [9.17, 15) is 0 Å². The molecule has 0 saturated carbocycles. The van der Waals surface area contributed by atoms with Crippen molar-refractivity contribution >= 4 is 29.9 Å². The summed E-state index contributed by atoms with van der Waals surface area (Å²) in [4.78, 5) is 9.16. The van der Waals surface area contributed by atoms with Gasteiger partial charge in [-0.25, -0.2) is 0 Å². The molecule has 2 rings (SSSR count). The average Bonchev–Trinajstić information content (AvgIpc) is 2.73. The molecule has 1 saturated heterocycles. The number of aliphatic imine (C=N–C) groups is 1. The number of halogens is 1. The van der Waals surface area contributed by atoms with Crippen LogP contribution in [-0.2, 0) is 4.74 Å². The van der Waals surface area contributed by atoms with Crippen LogP contribution in [0.5, 0.6) is 5.75 Å². The number of morpholine rings is 1. The largest absolute Gasteiger partial charge is 0.497 e. The molecule has 1 fully saturated rings. The van der Waals surface area contributed by atoms with Crippen LogP contribution in [0.25, 0.3) is 0 Å². The van der Waals surface area contributed by atoms with Crippen molar-refractivity contribution in [3.8, 4) is 5.75 Å². The van der Waals surface area contributed by atoms with Gasteiger partial charge in [0.1, 0.15) is 5.75 Å². The second-order valence-corrected chi connectivity index (χ2v) is 8.05. The van der Waals surface area contributed by atoms with Gasteiger partial charge in [0, 0.05) is 39.3 Å². The zero-order chi connectivity index (χ0) is 21.2. The van der Waals surface area contributed by atoms with Gasteiger partial charge in [-0.15, -0.1) is 24.0 Å². The van der Waals surface area contributed by atoms with E-state index in [2.05, 4.69) is 65.5 Å². The highest BCUT2D eigenvalue weighted by Gasteiger charge is 2.24. The van der Waals surface area contributed by atoms with E-state index in [4.69, 9.17) is 9.47 Å². The third-order valence-corrected chi connectivity index (χ3v) is 5.55. The molecule has 1 aromatic rings. The first-order valence-electron chi connectivity index (χ1n) is 10.5. The maximum absolute atomic E-state index is 5.51. The first-order chi connectivity index (χ1) is 14.0. The van der Waals surface area contributed by atoms with E-state index >= 15 is 0 Å². The van der Waals surface area contributed by atoms with E-state index < -0.39 is 0 Å². The van der Waals surface area contributed by atoms with Gasteiger partial charge in [-0.2, -0.15) is 0 Å². The van der Waals surface area contributed by atoms with Crippen LogP contribution >= 0.6 is 24.0 Å². The molecule has 7 nitrogen and oxygen atoms in total. The van der Waals surface area contributed by atoms with Crippen LogP contribution in [0.2, 0.25) is 0 Å². The van der Waals surface area contributed by atoms with Crippen LogP contribution in [0.15, 0.2) is 29.3 Å². The molecule has 0 radical (unpaired) electrons. The van der Waals surface area contributed by atoms with Crippen molar-refractivity contribution in [1.29, 1.82) is 0 Å². The number of methoxy groups -OCH3 is 1. The Balaban J connectivity index is 0.00000450. The number of nitrogens with one attached hydrogen (secondary N) is 2. The summed E-state index contributed by atoms with van der Waals surface area (Å²) in [6.07, 6.45) is 0. The topological polar surface area (TPSA) is 61.4 Å². The SMILES string of the molecule is CN=C(NCC(c1cccc(OC)c1)N(C)C)NCC(C(C)C)N1CCOCC1.I. The molecule has 0 aliphatic carbocycles. The molecule has 0 amide bonds. The lowest BCUT2D eigenvalue weighted by Gasteiger charge is -2.37. The van der Waals surface area contributed by atoms with Crippen LogP contribution in [0, 0.1) is 5.92 Å². The number of benzene rings is 1. The smallest absolute Gasteiger partial charge is 0.191 e. The van der Waals surface area contributed by atoms with Crippen molar-refractivity contribution < 1.29 is 9.47 Å². The fourth-order valence-corrected chi connectivity index (χ4v) is 3.76. The molecule has 2 unspecified atom stereocenters. The molecule has 0 aromatic heterocycles. The summed E-state index contributed by atoms with van der Waals surface area (Å²) in [6.45, 7) is 9.81. The predicted octanol–water partition coefficient (Wildman–Crippen LogP) is 2.44. The summed E-state index contributed by atoms with van der Waals surface area (Å²) in [6, 6.07) is 8.91. The minimum absolute atomic E-state index is 0. The Morgan fingerprint density at radius 1 is 1.20 bits per heavy atom. The van der Waals surface area contributed by atoms with Crippen molar-refractivity contribution in [3.05, 3.63) is 29.8 Å². The van der Waals surface area contributed by atoms with Crippen molar-refractivity contribution in [2.45, 2.75) is 25.9 Å². The molecule has 8 heteroatoms. The monoisotopic (exact) mass is 533 g/mol. The molecule has 1 heterocycles. The fourth-order valence-electron chi connectivity index (χ4n) is 3.76. The van der Waals surface area contributed by atoms with Crippen molar-refractivity contribution in [2.75, 3.05) is 67.6 Å². The number of likely N-dealkylation sites (N-methyl/N-ethyl adjacent to an activating group) is 1. The van der Waals surface area contributed by atoms with Crippen molar-refractivity contribution in [2.24, 2.45) is 10.9 Å². The molecular formula is C22H40IN5O2. The number of hydrogen-bond acceptors (Lipinski definition) is 5. The highest BCUT2D eigenvalue weighted by Crippen LogP contribution is 2.22. The average molecular weight is 533 g/mol. The van der Waals surface area contributed by atoms with Crippen molar-refractivity contribution in [3.63, 3.8) is 0 Å². The molecular weight excluding hydrogens is 493 g/mol. The Morgan fingerprint density at radius 3 is 2.43 bits per heavy atom. The van der Waals surface area contributed by atoms with Gasteiger partial charge in [-0.05, 0) is 37.7 Å². The highest BCUT2D eigenvalue weighted by atomic mass is 127. The Kier molecular flexibility index (Phi) is 12.6. The van der Waals surface area contributed by atoms with Crippen LogP contribution in [-0.4, -0.2) is 89.4 Å². The Labute approximate surface area is 199 Å². The second kappa shape index (κ2) is 14.1. The van der Waals surface area contributed by atoms with Gasteiger partial charge >= 0.3 is 0 Å². The highest BCUT2D eigenvalue weighted by molar-refractivity contribution is 14.0. The van der Waals surface area contributed by atoms with Crippen LogP contribution < -0.4 is 15.4 Å². The van der Waals surface area contributed by atoms with Crippen molar-refractivity contribution in [1.82, 2.24) is 20.4 Å². The van der Waals surface area contributed by atoms with Crippen LogP contribution in [0.1, 0.15) is 25.5 Å². The minimum atomic E-state index is 0. The van der Waals surface area contributed by atoms with Crippen LogP contribution in [0.3, 0.4) is 0 Å². The molecule has 1 aliphatic rings. The van der Waals surface area contributed by atoms with E-state index in [1.165, 1.54) is 5.56 Å². The quantitative estimate of drug-likeness (QED) is 0.289. The molecule has 2 N–H and O–H groups in total. The summed E-state index contributed by atoms with van der Waals surface area (Å²) in [7, 11) is 7.71. The lowest BCUT2D eigenvalue weighted by molar-refractivity contribution is 0.00752. The first kappa shape index (κ1) is 26.9. The van der Waals surface area contributed by atoms with E-state index in [0.29, 0.717) is 12.0 Å². The van der Waals surface area contributed by atoms with Gasteiger partial charge in [0.25, 0.3) is 0 Å². The molecule has 0 bridgehead atoms. The number of nitrogens with zero attached hydrogens (tertiary/aromatic N) is 3. The number of guanidine groups is 1. The fraction of sp³-hybridized carbons (Fsp3) is 0.682. The molecule has 2 atom stereocenters. The van der Waals surface area contributed by atoms with Gasteiger partial charge < -0.3 is 25.0 Å². The Bertz CT molecular complexity index is 636. The second-order valence-electron chi connectivity index (χ2n) is 8.05. The molecule has 1 aromatic carbocycles. The molecule has 172 valence electrons. The van der Waals surface area contributed by atoms with Gasteiger partial charge in [0.05, 0.1) is 26.4 Å².